The highest BCUT2D eigenvalue weighted by atomic mass is 35.5. The fourth-order valence-corrected chi connectivity index (χ4v) is 4.50. The lowest BCUT2D eigenvalue weighted by molar-refractivity contribution is -0.384. The van der Waals surface area contributed by atoms with Crippen molar-refractivity contribution in [2.75, 3.05) is 24.2 Å². The molecule has 2 heterocycles. The average Bonchev–Trinajstić information content (AvgIpc) is 3.44. The highest BCUT2D eigenvalue weighted by Crippen LogP contribution is 2.28. The Hall–Kier alpha value is -2.95. The van der Waals surface area contributed by atoms with Gasteiger partial charge in [-0.3, -0.25) is 24.4 Å². The van der Waals surface area contributed by atoms with Gasteiger partial charge < -0.3 is 5.32 Å². The quantitative estimate of drug-likeness (QED) is 0.298. The fraction of sp³-hybridized carbons (Fsp3) is 0.286. The number of nitrogens with one attached hydrogen (secondary N) is 1. The summed E-state index contributed by atoms with van der Waals surface area (Å²) in [5, 5.41) is 23.0. The second-order valence-corrected chi connectivity index (χ2v) is 8.66. The molecule has 166 valence electrons. The first-order chi connectivity index (χ1) is 15.5. The number of aromatic nitrogens is 3. The number of nitro benzene ring substituents is 1. The van der Waals surface area contributed by atoms with Crippen molar-refractivity contribution in [3.63, 3.8) is 0 Å². The molecule has 1 aromatic heterocycles. The van der Waals surface area contributed by atoms with Crippen LogP contribution in [0, 0.1) is 10.1 Å². The Bertz CT molecular complexity index is 1120. The number of anilines is 1. The number of hydrogen-bond donors (Lipinski definition) is 1. The maximum atomic E-state index is 12.5. The molecule has 1 amide bonds. The van der Waals surface area contributed by atoms with Crippen LogP contribution in [0.1, 0.15) is 18.7 Å². The van der Waals surface area contributed by atoms with Gasteiger partial charge in [0, 0.05) is 17.8 Å². The Balaban J connectivity index is 1.47. The smallest absolute Gasteiger partial charge is 0.271 e. The molecule has 1 aliphatic heterocycles. The van der Waals surface area contributed by atoms with Crippen LogP contribution in [0.4, 0.5) is 11.4 Å². The Morgan fingerprint density at radius 3 is 2.59 bits per heavy atom. The van der Waals surface area contributed by atoms with Crippen LogP contribution < -0.4 is 5.32 Å². The molecular weight excluding hydrogens is 452 g/mol. The van der Waals surface area contributed by atoms with Gasteiger partial charge in [0.2, 0.25) is 5.91 Å². The largest absolute Gasteiger partial charge is 0.324 e. The summed E-state index contributed by atoms with van der Waals surface area (Å²) in [5.41, 5.74) is 1.12. The number of benzene rings is 2. The number of rotatable bonds is 8. The third-order valence-electron chi connectivity index (χ3n) is 5.05. The molecule has 9 nitrogen and oxygen atoms in total. The zero-order chi connectivity index (χ0) is 22.5. The zero-order valence-corrected chi connectivity index (χ0v) is 18.7. The number of non-ortho nitro benzene ring substituents is 1. The third kappa shape index (κ3) is 5.26. The summed E-state index contributed by atoms with van der Waals surface area (Å²) in [5.74, 6) is 0.621. The van der Waals surface area contributed by atoms with E-state index in [-0.39, 0.29) is 22.4 Å². The van der Waals surface area contributed by atoms with Gasteiger partial charge in [-0.2, -0.15) is 0 Å². The van der Waals surface area contributed by atoms with Crippen molar-refractivity contribution in [2.45, 2.75) is 24.5 Å². The van der Waals surface area contributed by atoms with Gasteiger partial charge in [-0.05, 0) is 44.1 Å². The van der Waals surface area contributed by atoms with Crippen LogP contribution in [-0.2, 0) is 11.3 Å². The summed E-state index contributed by atoms with van der Waals surface area (Å²) in [6, 6.07) is 13.7. The van der Waals surface area contributed by atoms with E-state index in [1.54, 1.807) is 0 Å². The van der Waals surface area contributed by atoms with Crippen LogP contribution in [0.2, 0.25) is 5.02 Å². The van der Waals surface area contributed by atoms with Gasteiger partial charge in [-0.15, -0.1) is 10.2 Å². The number of hydrogen-bond acceptors (Lipinski definition) is 7. The summed E-state index contributed by atoms with van der Waals surface area (Å²) in [6.07, 6.45) is 2.37. The van der Waals surface area contributed by atoms with Crippen LogP contribution in [-0.4, -0.2) is 49.3 Å². The van der Waals surface area contributed by atoms with Crippen LogP contribution in [0.3, 0.4) is 0 Å². The molecule has 4 rings (SSSR count). The predicted molar refractivity (Wildman–Crippen MR) is 123 cm³/mol. The summed E-state index contributed by atoms with van der Waals surface area (Å²) in [4.78, 5) is 25.2. The zero-order valence-electron chi connectivity index (χ0n) is 17.1. The van der Waals surface area contributed by atoms with Crippen molar-refractivity contribution in [3.8, 4) is 5.69 Å². The van der Waals surface area contributed by atoms with Gasteiger partial charge in [-0.1, -0.05) is 41.6 Å². The van der Waals surface area contributed by atoms with E-state index >= 15 is 0 Å². The number of nitro groups is 1. The van der Waals surface area contributed by atoms with Gasteiger partial charge in [0.1, 0.15) is 0 Å². The van der Waals surface area contributed by atoms with Gasteiger partial charge in [0.15, 0.2) is 11.0 Å². The molecule has 1 saturated heterocycles. The van der Waals surface area contributed by atoms with Crippen LogP contribution in [0.25, 0.3) is 5.69 Å². The Morgan fingerprint density at radius 2 is 1.91 bits per heavy atom. The monoisotopic (exact) mass is 472 g/mol. The third-order valence-corrected chi connectivity index (χ3v) is 6.29. The van der Waals surface area contributed by atoms with Gasteiger partial charge >= 0.3 is 0 Å². The van der Waals surface area contributed by atoms with Crippen molar-refractivity contribution in [1.29, 1.82) is 0 Å². The van der Waals surface area contributed by atoms with E-state index in [1.165, 1.54) is 42.8 Å². The number of nitrogens with zero attached hydrogens (tertiary/aromatic N) is 5. The molecule has 1 fully saturated rings. The SMILES string of the molecule is O=C(CSc1nnc(CN2CCCC2)n1-c1ccccc1)Nc1ccc([N+](=O)[O-])cc1Cl. The average molecular weight is 473 g/mol. The minimum atomic E-state index is -0.538. The molecule has 3 aromatic rings. The Morgan fingerprint density at radius 1 is 1.16 bits per heavy atom. The van der Waals surface area contributed by atoms with Gasteiger partial charge in [0.05, 0.1) is 27.9 Å². The molecule has 32 heavy (non-hydrogen) atoms. The Kier molecular flexibility index (Phi) is 7.03. The second kappa shape index (κ2) is 10.1. The summed E-state index contributed by atoms with van der Waals surface area (Å²) < 4.78 is 1.98. The van der Waals surface area contributed by atoms with Crippen LogP contribution in [0.5, 0.6) is 0 Å². The van der Waals surface area contributed by atoms with E-state index in [1.807, 2.05) is 34.9 Å². The number of para-hydroxylation sites is 1. The van der Waals surface area contributed by atoms with Gasteiger partial charge in [0.25, 0.3) is 5.69 Å². The van der Waals surface area contributed by atoms with E-state index < -0.39 is 4.92 Å². The number of likely N-dealkylation sites (tertiary alicyclic amines) is 1. The van der Waals surface area contributed by atoms with E-state index in [9.17, 15) is 14.9 Å². The molecule has 1 N–H and O–H groups in total. The van der Waals surface area contributed by atoms with E-state index in [0.29, 0.717) is 17.4 Å². The topological polar surface area (TPSA) is 106 Å². The molecule has 0 saturated carbocycles. The van der Waals surface area contributed by atoms with Crippen molar-refractivity contribution < 1.29 is 9.72 Å². The molecule has 0 atom stereocenters. The minimum absolute atomic E-state index is 0.0853. The Labute approximate surface area is 193 Å². The number of carbonyl (C=O) groups is 1. The first-order valence-corrected chi connectivity index (χ1v) is 11.5. The number of carbonyl (C=O) groups excluding carboxylic acids is 1. The molecule has 0 unspecified atom stereocenters. The summed E-state index contributed by atoms with van der Waals surface area (Å²) in [7, 11) is 0. The lowest BCUT2D eigenvalue weighted by Crippen LogP contribution is -2.21. The highest BCUT2D eigenvalue weighted by Gasteiger charge is 2.20. The maximum absolute atomic E-state index is 12.5. The minimum Gasteiger partial charge on any atom is -0.324 e. The van der Waals surface area contributed by atoms with Crippen molar-refractivity contribution in [3.05, 3.63) is 69.5 Å². The number of thioether (sulfide) groups is 1. The van der Waals surface area contributed by atoms with Crippen LogP contribution in [0.15, 0.2) is 53.7 Å². The highest BCUT2D eigenvalue weighted by molar-refractivity contribution is 7.99. The molecular formula is C21H21ClN6O3S. The number of halogens is 1. The molecule has 11 heteroatoms. The van der Waals surface area contributed by atoms with E-state index in [4.69, 9.17) is 11.6 Å². The first-order valence-electron chi connectivity index (χ1n) is 10.1. The standard InChI is InChI=1S/C21H21ClN6O3S/c22-17-12-16(28(30)31)8-9-18(17)23-20(29)14-32-21-25-24-19(13-26-10-4-5-11-26)27(21)15-6-2-1-3-7-15/h1-3,6-9,12H,4-5,10-11,13-14H2,(H,23,29). The van der Waals surface area contributed by atoms with E-state index in [0.717, 1.165) is 24.6 Å². The number of amides is 1. The fourth-order valence-electron chi connectivity index (χ4n) is 3.51. The molecule has 2 aromatic carbocycles. The van der Waals surface area contributed by atoms with Gasteiger partial charge in [-0.25, -0.2) is 0 Å². The summed E-state index contributed by atoms with van der Waals surface area (Å²) in [6.45, 7) is 2.79. The first kappa shape index (κ1) is 22.3. The molecule has 1 aliphatic rings. The molecule has 0 bridgehead atoms. The van der Waals surface area contributed by atoms with Crippen LogP contribution >= 0.6 is 23.4 Å². The van der Waals surface area contributed by atoms with Crippen molar-refractivity contribution in [1.82, 2.24) is 19.7 Å². The van der Waals surface area contributed by atoms with E-state index in [2.05, 4.69) is 20.4 Å². The molecule has 0 aliphatic carbocycles. The lowest BCUT2D eigenvalue weighted by atomic mass is 10.3. The lowest BCUT2D eigenvalue weighted by Gasteiger charge is -2.16. The summed E-state index contributed by atoms with van der Waals surface area (Å²) >= 11 is 7.34. The maximum Gasteiger partial charge on any atom is 0.271 e. The normalized spacial score (nSPS) is 13.9. The van der Waals surface area contributed by atoms with Crippen molar-refractivity contribution >= 4 is 40.6 Å². The van der Waals surface area contributed by atoms with Crippen molar-refractivity contribution in [2.24, 2.45) is 0 Å². The second-order valence-electron chi connectivity index (χ2n) is 7.31. The predicted octanol–water partition coefficient (Wildman–Crippen LogP) is 4.16. The molecule has 0 spiro atoms. The molecule has 0 radical (unpaired) electrons.